The third kappa shape index (κ3) is 53.3. The Kier molecular flexibility index (Phi) is 65.3. The minimum atomic E-state index is -1.80. The fourth-order valence-electron chi connectivity index (χ4n) is 12.8. The van der Waals surface area contributed by atoms with Crippen molar-refractivity contribution in [3.05, 3.63) is 146 Å². The smallest absolute Gasteiger partial charge is 0.220 e. The molecule has 14 heteroatoms. The van der Waals surface area contributed by atoms with Crippen LogP contribution in [0.25, 0.3) is 0 Å². The molecule has 2 rings (SSSR count). The lowest BCUT2D eigenvalue weighted by Crippen LogP contribution is -2.65. The quantitative estimate of drug-likeness (QED) is 0.0204. The van der Waals surface area contributed by atoms with Crippen LogP contribution in [0.4, 0.5) is 0 Å². The summed E-state index contributed by atoms with van der Waals surface area (Å²) in [6, 6.07) is -0.866. The molecule has 9 N–H and O–H groups in total. The van der Waals surface area contributed by atoms with Gasteiger partial charge in [0.25, 0.3) is 0 Å². The molecule has 2 heterocycles. The van der Waals surface area contributed by atoms with Crippen LogP contribution in [-0.2, 0) is 23.7 Å². The van der Waals surface area contributed by atoms with Gasteiger partial charge in [-0.2, -0.15) is 0 Å². The number of hydrogen-bond acceptors (Lipinski definition) is 13. The highest BCUT2D eigenvalue weighted by molar-refractivity contribution is 5.76. The molecule has 2 fully saturated rings. The van der Waals surface area contributed by atoms with E-state index in [0.29, 0.717) is 12.8 Å². The number of carbonyl (C=O) groups is 1. The van der Waals surface area contributed by atoms with Gasteiger partial charge in [0, 0.05) is 6.42 Å². The number of nitrogens with one attached hydrogen (secondary N) is 1. The van der Waals surface area contributed by atoms with Gasteiger partial charge in [0.1, 0.15) is 48.8 Å². The van der Waals surface area contributed by atoms with Gasteiger partial charge < -0.3 is 65.1 Å². The van der Waals surface area contributed by atoms with E-state index in [1.165, 1.54) is 167 Å². The van der Waals surface area contributed by atoms with Gasteiger partial charge in [0.2, 0.25) is 5.91 Å². The van der Waals surface area contributed by atoms with E-state index in [9.17, 15) is 45.6 Å². The first-order valence-corrected chi connectivity index (χ1v) is 41.6. The lowest BCUT2D eigenvalue weighted by atomic mass is 9.97. The van der Waals surface area contributed by atoms with Crippen molar-refractivity contribution in [2.24, 2.45) is 0 Å². The molecule has 12 atom stereocenters. The van der Waals surface area contributed by atoms with Crippen molar-refractivity contribution in [1.29, 1.82) is 0 Å². The minimum absolute atomic E-state index is 0.240. The molecule has 0 aromatic carbocycles. The van der Waals surface area contributed by atoms with E-state index in [1.807, 2.05) is 0 Å². The van der Waals surface area contributed by atoms with Gasteiger partial charge in [-0.05, 0) is 103 Å². The minimum Gasteiger partial charge on any atom is -0.394 e. The van der Waals surface area contributed by atoms with Crippen LogP contribution in [0.15, 0.2) is 146 Å². The molecule has 0 aliphatic carbocycles. The second-order valence-electron chi connectivity index (χ2n) is 28.5. The Balaban J connectivity index is 1.64. The van der Waals surface area contributed by atoms with Crippen molar-refractivity contribution >= 4 is 5.91 Å². The predicted octanol–water partition coefficient (Wildman–Crippen LogP) is 19.5. The topological polar surface area (TPSA) is 228 Å². The molecular weight excluding hydrogens is 1290 g/mol. The van der Waals surface area contributed by atoms with E-state index in [1.54, 1.807) is 0 Å². The summed E-state index contributed by atoms with van der Waals surface area (Å²) < 4.78 is 23.0. The van der Waals surface area contributed by atoms with Gasteiger partial charge in [-0.1, -0.05) is 352 Å². The van der Waals surface area contributed by atoms with Crippen LogP contribution < -0.4 is 5.32 Å². The molecular formula is C89H151NO13. The summed E-state index contributed by atoms with van der Waals surface area (Å²) in [4.78, 5) is 13.4. The van der Waals surface area contributed by atoms with Gasteiger partial charge in [-0.25, -0.2) is 0 Å². The van der Waals surface area contributed by atoms with Crippen LogP contribution >= 0.6 is 0 Å². The van der Waals surface area contributed by atoms with Crippen molar-refractivity contribution in [1.82, 2.24) is 5.32 Å². The SMILES string of the molecule is CC/C=C\C/C=C\C/C=C\C/C=C\C/C=C\C/C=C\C/C=C\C/C=C\C/C=C\C/C=C\C/C=C\C/C=C\CCCCC(=O)NC(COC1OC(CO)C(OC2OC(CO)C(O)C(O)C2O)C(O)C1O)C(O)CCCCCCCCCCCCCCCCCCCCCCCCCCCCCCCC. The maximum atomic E-state index is 13.4. The number of unbranched alkanes of at least 4 members (excludes halogenated alkanes) is 31. The number of hydrogen-bond donors (Lipinski definition) is 9. The highest BCUT2D eigenvalue weighted by Crippen LogP contribution is 2.30. The molecule has 2 aliphatic rings. The molecule has 2 saturated heterocycles. The summed E-state index contributed by atoms with van der Waals surface area (Å²) in [6.07, 6.45) is 90.3. The maximum absolute atomic E-state index is 13.4. The number of rotatable bonds is 68. The van der Waals surface area contributed by atoms with Crippen molar-refractivity contribution in [3.63, 3.8) is 0 Å². The number of carbonyl (C=O) groups excluding carboxylic acids is 1. The molecule has 0 bridgehead atoms. The average molecular weight is 1440 g/mol. The maximum Gasteiger partial charge on any atom is 0.220 e. The molecule has 0 aromatic heterocycles. The summed E-state index contributed by atoms with van der Waals surface area (Å²) in [5, 5.41) is 87.9. The largest absolute Gasteiger partial charge is 0.394 e. The number of aliphatic hydroxyl groups excluding tert-OH is 8. The van der Waals surface area contributed by atoms with E-state index >= 15 is 0 Å². The monoisotopic (exact) mass is 1440 g/mol. The highest BCUT2D eigenvalue weighted by Gasteiger charge is 2.51. The van der Waals surface area contributed by atoms with E-state index in [2.05, 4.69) is 165 Å². The summed E-state index contributed by atoms with van der Waals surface area (Å²) >= 11 is 0. The molecule has 1 amide bonds. The number of amides is 1. The summed E-state index contributed by atoms with van der Waals surface area (Å²) in [5.74, 6) is -0.251. The Labute approximate surface area is 627 Å². The highest BCUT2D eigenvalue weighted by atomic mass is 16.7. The van der Waals surface area contributed by atoms with Gasteiger partial charge in [0.05, 0.1) is 32.0 Å². The van der Waals surface area contributed by atoms with Gasteiger partial charge >= 0.3 is 0 Å². The first-order chi connectivity index (χ1) is 50.6. The Morgan fingerprint density at radius 2 is 0.670 bits per heavy atom. The zero-order valence-electron chi connectivity index (χ0n) is 64.8. The molecule has 14 nitrogen and oxygen atoms in total. The molecule has 590 valence electrons. The molecule has 0 aromatic rings. The summed E-state index contributed by atoms with van der Waals surface area (Å²) in [7, 11) is 0. The average Bonchev–Trinajstić information content (AvgIpc) is 0.791. The van der Waals surface area contributed by atoms with Crippen LogP contribution in [0, 0.1) is 0 Å². The Hall–Kier alpha value is -4.13. The molecule has 103 heavy (non-hydrogen) atoms. The van der Waals surface area contributed by atoms with Gasteiger partial charge in [-0.15, -0.1) is 0 Å². The first kappa shape index (κ1) is 94.9. The number of aliphatic hydroxyl groups is 8. The van der Waals surface area contributed by atoms with E-state index in [0.717, 1.165) is 116 Å². The summed E-state index contributed by atoms with van der Waals surface area (Å²) in [6.45, 7) is 2.75. The standard InChI is InChI=1S/C89H151NO13/c1-3-5-7-9-11-13-15-17-19-21-23-25-27-29-31-33-35-36-37-38-39-40-41-42-43-45-47-49-51-53-55-57-59-61-63-65-67-69-71-73-81(94)90-77(76-100-88-86(99)84(97)87(80(75-92)102-88)103-89-85(98)83(96)82(95)79(74-91)101-89)78(93)72-70-68-66-64-62-60-58-56-54-52-50-48-46-44-34-32-30-28-26-24-22-20-18-16-14-12-10-8-6-4-2/h5,7,11,13,17,19,23,25,29,31,35-36,38-39,41-42,45,47,51,53,57,59,63,65,77-80,82-89,91-93,95-99H,3-4,6,8-10,12,14-16,18,20-22,24,26-28,30,32-34,37,40,43-44,46,48-50,52,54-56,58,60-62,64,66-76H2,1-2H3,(H,90,94)/b7-5-,13-11-,19-17-,25-23-,31-29-,36-35-,39-38-,42-41-,47-45-,53-51-,59-57-,65-63-. The summed E-state index contributed by atoms with van der Waals surface area (Å²) in [5.41, 5.74) is 0. The van der Waals surface area contributed by atoms with Crippen LogP contribution in [-0.4, -0.2) is 140 Å². The van der Waals surface area contributed by atoms with Crippen molar-refractivity contribution in [2.75, 3.05) is 19.8 Å². The third-order valence-corrected chi connectivity index (χ3v) is 19.3. The zero-order valence-corrected chi connectivity index (χ0v) is 64.8. The normalized spacial score (nSPS) is 22.3. The number of allylic oxidation sites excluding steroid dienone is 24. The second-order valence-corrected chi connectivity index (χ2v) is 28.5. The van der Waals surface area contributed by atoms with Crippen LogP contribution in [0.1, 0.15) is 316 Å². The number of ether oxygens (including phenoxy) is 4. The van der Waals surface area contributed by atoms with Crippen LogP contribution in [0.2, 0.25) is 0 Å². The van der Waals surface area contributed by atoms with Crippen molar-refractivity contribution < 1.29 is 64.6 Å². The molecule has 0 radical (unpaired) electrons. The molecule has 0 saturated carbocycles. The first-order valence-electron chi connectivity index (χ1n) is 41.6. The Morgan fingerprint density at radius 1 is 0.359 bits per heavy atom. The van der Waals surface area contributed by atoms with Crippen molar-refractivity contribution in [3.8, 4) is 0 Å². The van der Waals surface area contributed by atoms with Crippen molar-refractivity contribution in [2.45, 2.75) is 389 Å². The molecule has 2 aliphatic heterocycles. The van der Waals surface area contributed by atoms with Gasteiger partial charge in [0.15, 0.2) is 12.6 Å². The lowest BCUT2D eigenvalue weighted by molar-refractivity contribution is -0.359. The fraction of sp³-hybridized carbons (Fsp3) is 0.719. The van der Waals surface area contributed by atoms with E-state index in [-0.39, 0.29) is 18.9 Å². The lowest BCUT2D eigenvalue weighted by Gasteiger charge is -2.46. The molecule has 12 unspecified atom stereocenters. The van der Waals surface area contributed by atoms with Gasteiger partial charge in [-0.3, -0.25) is 4.79 Å². The van der Waals surface area contributed by atoms with Crippen LogP contribution in [0.5, 0.6) is 0 Å². The molecule has 0 spiro atoms. The predicted molar refractivity (Wildman–Crippen MR) is 428 cm³/mol. The second kappa shape index (κ2) is 70.8. The Morgan fingerprint density at radius 3 is 1.01 bits per heavy atom. The zero-order chi connectivity index (χ0) is 74.4. The van der Waals surface area contributed by atoms with E-state index < -0.39 is 86.8 Å². The Bertz CT molecular complexity index is 2300. The van der Waals surface area contributed by atoms with E-state index in [4.69, 9.17) is 18.9 Å². The third-order valence-electron chi connectivity index (χ3n) is 19.3. The fourth-order valence-corrected chi connectivity index (χ4v) is 12.8. The van der Waals surface area contributed by atoms with Crippen LogP contribution in [0.3, 0.4) is 0 Å².